The first kappa shape index (κ1) is 24.0. The lowest BCUT2D eigenvalue weighted by molar-refractivity contribution is -0.137. The third-order valence-corrected chi connectivity index (χ3v) is 6.72. The van der Waals surface area contributed by atoms with Crippen molar-refractivity contribution in [1.29, 1.82) is 0 Å². The van der Waals surface area contributed by atoms with Crippen molar-refractivity contribution in [3.8, 4) is 11.5 Å². The summed E-state index contributed by atoms with van der Waals surface area (Å²) >= 11 is 0. The third kappa shape index (κ3) is 6.41. The summed E-state index contributed by atoms with van der Waals surface area (Å²) in [5.41, 5.74) is 1.90. The second-order valence-electron chi connectivity index (χ2n) is 10.3. The molecule has 1 aliphatic carbocycles. The van der Waals surface area contributed by atoms with E-state index in [-0.39, 0.29) is 5.60 Å². The first-order valence-electron chi connectivity index (χ1n) is 11.5. The minimum atomic E-state index is -0.885. The zero-order valence-electron chi connectivity index (χ0n) is 20.0. The van der Waals surface area contributed by atoms with Crippen LogP contribution in [-0.2, 0) is 11.2 Å². The number of benzene rings is 2. The van der Waals surface area contributed by atoms with Gasteiger partial charge in [0.05, 0.1) is 7.11 Å². The van der Waals surface area contributed by atoms with Crippen LogP contribution >= 0.6 is 0 Å². The lowest BCUT2D eigenvalue weighted by atomic mass is 9.69. The van der Waals surface area contributed by atoms with E-state index in [0.717, 1.165) is 41.5 Å². The highest BCUT2D eigenvalue weighted by Gasteiger charge is 2.37. The molecule has 0 bridgehead atoms. The number of hydrogen-bond donors (Lipinski definition) is 2. The van der Waals surface area contributed by atoms with Crippen LogP contribution in [0.15, 0.2) is 48.5 Å². The first-order chi connectivity index (χ1) is 15.1. The SMILES string of the molecule is COc1ccc(CC(Nc2ccc(OC3(C)CCC(C(C)(C)C)CC3)cc2)C(=O)O)cc1. The fourth-order valence-corrected chi connectivity index (χ4v) is 4.50. The normalized spacial score (nSPS) is 22.1. The largest absolute Gasteiger partial charge is 0.497 e. The van der Waals surface area contributed by atoms with Gasteiger partial charge in [-0.05, 0) is 85.9 Å². The van der Waals surface area contributed by atoms with E-state index in [1.54, 1.807) is 7.11 Å². The van der Waals surface area contributed by atoms with Gasteiger partial charge in [-0.2, -0.15) is 0 Å². The predicted molar refractivity (Wildman–Crippen MR) is 129 cm³/mol. The highest BCUT2D eigenvalue weighted by molar-refractivity contribution is 5.77. The monoisotopic (exact) mass is 439 g/mol. The first-order valence-corrected chi connectivity index (χ1v) is 11.5. The molecule has 0 heterocycles. The van der Waals surface area contributed by atoms with E-state index < -0.39 is 12.0 Å². The second kappa shape index (κ2) is 9.85. The van der Waals surface area contributed by atoms with Crippen molar-refractivity contribution in [1.82, 2.24) is 0 Å². The van der Waals surface area contributed by atoms with Crippen LogP contribution < -0.4 is 14.8 Å². The number of carbonyl (C=O) groups is 1. The number of aliphatic carboxylic acids is 1. The molecule has 0 amide bonds. The van der Waals surface area contributed by atoms with E-state index in [9.17, 15) is 9.90 Å². The van der Waals surface area contributed by atoms with Gasteiger partial charge in [-0.25, -0.2) is 4.79 Å². The molecule has 2 N–H and O–H groups in total. The zero-order valence-corrected chi connectivity index (χ0v) is 20.0. The Kier molecular flexibility index (Phi) is 7.37. The molecule has 1 aliphatic rings. The van der Waals surface area contributed by atoms with Gasteiger partial charge in [0.2, 0.25) is 0 Å². The lowest BCUT2D eigenvalue weighted by Crippen LogP contribution is -2.39. The summed E-state index contributed by atoms with van der Waals surface area (Å²) in [5.74, 6) is 1.44. The van der Waals surface area contributed by atoms with Gasteiger partial charge in [0.15, 0.2) is 0 Å². The van der Waals surface area contributed by atoms with Crippen molar-refractivity contribution in [2.75, 3.05) is 12.4 Å². The standard InChI is InChI=1S/C27H37NO4/c1-26(2,3)20-14-16-27(4,17-15-20)32-23-12-8-21(9-13-23)28-24(25(29)30)18-19-6-10-22(31-5)11-7-19/h6-13,20,24,28H,14-18H2,1-5H3,(H,29,30). The molecule has 0 saturated heterocycles. The van der Waals surface area contributed by atoms with E-state index in [2.05, 4.69) is 33.0 Å². The number of ether oxygens (including phenoxy) is 2. The van der Waals surface area contributed by atoms with Crippen LogP contribution in [0.4, 0.5) is 5.69 Å². The molecule has 0 aromatic heterocycles. The molecule has 1 fully saturated rings. The summed E-state index contributed by atoms with van der Waals surface area (Å²) in [4.78, 5) is 11.8. The molecule has 0 spiro atoms. The summed E-state index contributed by atoms with van der Waals surface area (Å²) in [6.45, 7) is 9.18. The summed E-state index contributed by atoms with van der Waals surface area (Å²) in [7, 11) is 1.61. The Morgan fingerprint density at radius 3 is 2.12 bits per heavy atom. The van der Waals surface area contributed by atoms with Crippen molar-refractivity contribution < 1.29 is 19.4 Å². The van der Waals surface area contributed by atoms with Crippen molar-refractivity contribution in [2.45, 2.75) is 71.4 Å². The van der Waals surface area contributed by atoms with Crippen LogP contribution in [0.1, 0.15) is 58.9 Å². The topological polar surface area (TPSA) is 67.8 Å². The number of carboxylic acids is 1. The maximum Gasteiger partial charge on any atom is 0.326 e. The van der Waals surface area contributed by atoms with Gasteiger partial charge in [-0.3, -0.25) is 0 Å². The predicted octanol–water partition coefficient (Wildman–Crippen LogP) is 6.18. The van der Waals surface area contributed by atoms with E-state index in [0.29, 0.717) is 11.8 Å². The third-order valence-electron chi connectivity index (χ3n) is 6.72. The Morgan fingerprint density at radius 2 is 1.62 bits per heavy atom. The van der Waals surface area contributed by atoms with Crippen molar-refractivity contribution in [3.63, 3.8) is 0 Å². The molecule has 1 unspecified atom stereocenters. The molecular weight excluding hydrogens is 402 g/mol. The van der Waals surface area contributed by atoms with Gasteiger partial charge >= 0.3 is 5.97 Å². The lowest BCUT2D eigenvalue weighted by Gasteiger charge is -2.42. The van der Waals surface area contributed by atoms with E-state index in [1.165, 1.54) is 12.8 Å². The van der Waals surface area contributed by atoms with E-state index in [1.807, 2.05) is 48.5 Å². The Hall–Kier alpha value is -2.69. The molecule has 174 valence electrons. The van der Waals surface area contributed by atoms with E-state index in [4.69, 9.17) is 9.47 Å². The van der Waals surface area contributed by atoms with Gasteiger partial charge in [-0.15, -0.1) is 0 Å². The van der Waals surface area contributed by atoms with Crippen LogP contribution in [0.25, 0.3) is 0 Å². The van der Waals surface area contributed by atoms with E-state index >= 15 is 0 Å². The Bertz CT molecular complexity index is 875. The average molecular weight is 440 g/mol. The van der Waals surface area contributed by atoms with Crippen LogP contribution in [0.2, 0.25) is 0 Å². The van der Waals surface area contributed by atoms with Crippen LogP contribution in [-0.4, -0.2) is 29.8 Å². The summed E-state index contributed by atoms with van der Waals surface area (Å²) in [6.07, 6.45) is 4.86. The Labute approximate surface area is 192 Å². The smallest absolute Gasteiger partial charge is 0.326 e. The molecule has 0 radical (unpaired) electrons. The Morgan fingerprint density at radius 1 is 1.06 bits per heavy atom. The zero-order chi connectivity index (χ0) is 23.4. The average Bonchev–Trinajstić information content (AvgIpc) is 2.74. The van der Waals surface area contributed by atoms with Gasteiger partial charge in [-0.1, -0.05) is 32.9 Å². The van der Waals surface area contributed by atoms with Gasteiger partial charge < -0.3 is 19.9 Å². The number of anilines is 1. The molecule has 5 heteroatoms. The minimum absolute atomic E-state index is 0.144. The Balaban J connectivity index is 1.58. The number of hydrogen-bond acceptors (Lipinski definition) is 4. The minimum Gasteiger partial charge on any atom is -0.497 e. The van der Waals surface area contributed by atoms with Crippen molar-refractivity contribution in [3.05, 3.63) is 54.1 Å². The maximum atomic E-state index is 11.8. The molecule has 32 heavy (non-hydrogen) atoms. The number of nitrogens with one attached hydrogen (secondary N) is 1. The van der Waals surface area contributed by atoms with Gasteiger partial charge in [0.1, 0.15) is 23.1 Å². The maximum absolute atomic E-state index is 11.8. The molecule has 0 aliphatic heterocycles. The summed E-state index contributed by atoms with van der Waals surface area (Å²) < 4.78 is 11.5. The molecule has 1 saturated carbocycles. The van der Waals surface area contributed by atoms with Crippen molar-refractivity contribution >= 4 is 11.7 Å². The molecule has 2 aromatic carbocycles. The second-order valence-corrected chi connectivity index (χ2v) is 10.3. The highest BCUT2D eigenvalue weighted by Crippen LogP contribution is 2.43. The van der Waals surface area contributed by atoms with Crippen molar-refractivity contribution in [2.24, 2.45) is 11.3 Å². The molecule has 3 rings (SSSR count). The molecule has 5 nitrogen and oxygen atoms in total. The number of carboxylic acid groups (broad SMARTS) is 1. The summed E-state index contributed by atoms with van der Waals surface area (Å²) in [6, 6.07) is 14.4. The van der Waals surface area contributed by atoms with Gasteiger partial charge in [0, 0.05) is 12.1 Å². The summed E-state index contributed by atoms with van der Waals surface area (Å²) in [5, 5.41) is 12.8. The van der Waals surface area contributed by atoms with Crippen LogP contribution in [0.3, 0.4) is 0 Å². The quantitative estimate of drug-likeness (QED) is 0.514. The fraction of sp³-hybridized carbons (Fsp3) is 0.519. The molecule has 2 aromatic rings. The molecule has 1 atom stereocenters. The van der Waals surface area contributed by atoms with Gasteiger partial charge in [0.25, 0.3) is 0 Å². The highest BCUT2D eigenvalue weighted by atomic mass is 16.5. The van der Waals surface area contributed by atoms with Crippen LogP contribution in [0, 0.1) is 11.3 Å². The number of methoxy groups -OCH3 is 1. The van der Waals surface area contributed by atoms with Crippen LogP contribution in [0.5, 0.6) is 11.5 Å². The fourth-order valence-electron chi connectivity index (χ4n) is 4.50. The number of rotatable bonds is 8. The molecular formula is C27H37NO4.